The molecule has 0 amide bonds. The molecule has 0 aliphatic heterocycles. The number of aromatic amines is 1. The molecule has 1 saturated carbocycles. The van der Waals surface area contributed by atoms with Crippen molar-refractivity contribution in [2.45, 2.75) is 25.7 Å². The fraction of sp³-hybridized carbons (Fsp3) is 0.250. The summed E-state index contributed by atoms with van der Waals surface area (Å²) in [5.41, 5.74) is 1.01. The molecular weight excluding hydrogens is 271 g/mol. The first-order valence-corrected chi connectivity index (χ1v) is 6.93. The Kier molecular flexibility index (Phi) is 2.51. The Morgan fingerprint density at radius 2 is 2.19 bits per heavy atom. The molecule has 106 valence electrons. The Morgan fingerprint density at radius 1 is 1.38 bits per heavy atom. The molecule has 1 N–H and O–H groups in total. The van der Waals surface area contributed by atoms with Crippen LogP contribution in [0, 0.1) is 12.7 Å². The average molecular weight is 284 g/mol. The van der Waals surface area contributed by atoms with Gasteiger partial charge in [0.05, 0.1) is 0 Å². The number of H-pyrrole nitrogens is 1. The van der Waals surface area contributed by atoms with Crippen LogP contribution in [-0.2, 0) is 0 Å². The lowest BCUT2D eigenvalue weighted by atomic mass is 10.2. The van der Waals surface area contributed by atoms with Gasteiger partial charge < -0.3 is 9.40 Å². The van der Waals surface area contributed by atoms with Crippen molar-refractivity contribution in [1.29, 1.82) is 0 Å². The van der Waals surface area contributed by atoms with Crippen LogP contribution in [0.3, 0.4) is 0 Å². The van der Waals surface area contributed by atoms with E-state index in [0.29, 0.717) is 34.1 Å². The summed E-state index contributed by atoms with van der Waals surface area (Å²) in [6.07, 6.45) is 2.08. The van der Waals surface area contributed by atoms with Gasteiger partial charge in [-0.2, -0.15) is 0 Å². The Balaban J connectivity index is 1.95. The van der Waals surface area contributed by atoms with E-state index >= 15 is 0 Å². The normalized spacial score (nSPS) is 14.8. The number of hydrogen-bond acceptors (Lipinski definition) is 3. The molecule has 1 aliphatic carbocycles. The molecular formula is C16H13FN2O2. The van der Waals surface area contributed by atoms with Crippen molar-refractivity contribution in [3.63, 3.8) is 0 Å². The molecule has 1 aromatic carbocycles. The Bertz CT molecular complexity index is 906. The minimum Gasteiger partial charge on any atom is -0.451 e. The maximum absolute atomic E-state index is 13.7. The molecule has 0 atom stereocenters. The Hall–Kier alpha value is -2.43. The van der Waals surface area contributed by atoms with Crippen molar-refractivity contribution >= 4 is 11.0 Å². The van der Waals surface area contributed by atoms with Crippen molar-refractivity contribution < 1.29 is 8.81 Å². The number of halogens is 1. The standard InChI is InChI=1S/C16H13FN2O2/c1-8-13(18-15(9-5-6-9)19-16(8)20)12-7-10-3-2-4-11(17)14(10)21-12/h2-4,7,9H,5-6H2,1H3,(H,18,19,20). The molecule has 3 aromatic rings. The minimum absolute atomic E-state index is 0.164. The number of nitrogens with zero attached hydrogens (tertiary/aromatic N) is 1. The summed E-state index contributed by atoms with van der Waals surface area (Å²) in [5.74, 6) is 1.05. The predicted octanol–water partition coefficient (Wildman–Crippen LogP) is 3.51. The third kappa shape index (κ3) is 1.96. The van der Waals surface area contributed by atoms with E-state index in [1.165, 1.54) is 6.07 Å². The van der Waals surface area contributed by atoms with Gasteiger partial charge in [-0.25, -0.2) is 9.37 Å². The summed E-state index contributed by atoms with van der Waals surface area (Å²) >= 11 is 0. The number of nitrogens with one attached hydrogen (secondary N) is 1. The highest BCUT2D eigenvalue weighted by Gasteiger charge is 2.27. The molecule has 5 heteroatoms. The summed E-state index contributed by atoms with van der Waals surface area (Å²) in [7, 11) is 0. The molecule has 21 heavy (non-hydrogen) atoms. The van der Waals surface area contributed by atoms with E-state index in [1.807, 2.05) is 0 Å². The molecule has 1 fully saturated rings. The van der Waals surface area contributed by atoms with Gasteiger partial charge in [-0.05, 0) is 31.9 Å². The third-order valence-electron chi connectivity index (χ3n) is 3.86. The van der Waals surface area contributed by atoms with Crippen molar-refractivity contribution in [3.05, 3.63) is 51.8 Å². The van der Waals surface area contributed by atoms with E-state index in [9.17, 15) is 9.18 Å². The van der Waals surface area contributed by atoms with E-state index in [4.69, 9.17) is 4.42 Å². The summed E-state index contributed by atoms with van der Waals surface area (Å²) < 4.78 is 19.3. The van der Waals surface area contributed by atoms with E-state index in [1.54, 1.807) is 25.1 Å². The van der Waals surface area contributed by atoms with Gasteiger partial charge in [-0.1, -0.05) is 12.1 Å². The lowest BCUT2D eigenvalue weighted by molar-refractivity contribution is 0.566. The van der Waals surface area contributed by atoms with Crippen molar-refractivity contribution in [3.8, 4) is 11.5 Å². The molecule has 0 saturated heterocycles. The largest absolute Gasteiger partial charge is 0.451 e. The van der Waals surface area contributed by atoms with Crippen LogP contribution in [0.2, 0.25) is 0 Å². The summed E-state index contributed by atoms with van der Waals surface area (Å²) in [5, 5.41) is 0.666. The van der Waals surface area contributed by atoms with Crippen LogP contribution in [0.5, 0.6) is 0 Å². The van der Waals surface area contributed by atoms with Crippen LogP contribution in [0.15, 0.2) is 33.5 Å². The first-order chi connectivity index (χ1) is 10.1. The van der Waals surface area contributed by atoms with Gasteiger partial charge in [-0.3, -0.25) is 4.79 Å². The molecule has 2 aromatic heterocycles. The fourth-order valence-electron chi connectivity index (χ4n) is 2.48. The summed E-state index contributed by atoms with van der Waals surface area (Å²) in [6, 6.07) is 6.48. The molecule has 0 bridgehead atoms. The topological polar surface area (TPSA) is 58.9 Å². The molecule has 2 heterocycles. The Morgan fingerprint density at radius 3 is 2.90 bits per heavy atom. The Labute approximate surface area is 119 Å². The number of para-hydroxylation sites is 1. The van der Waals surface area contributed by atoms with Crippen LogP contribution < -0.4 is 5.56 Å². The molecule has 4 rings (SSSR count). The average Bonchev–Trinajstić information content (AvgIpc) is 3.21. The summed E-state index contributed by atoms with van der Waals surface area (Å²) in [4.78, 5) is 19.4. The number of hydrogen-bond donors (Lipinski definition) is 1. The molecule has 0 spiro atoms. The second kappa shape index (κ2) is 4.28. The van der Waals surface area contributed by atoms with Gasteiger partial charge in [-0.15, -0.1) is 0 Å². The van der Waals surface area contributed by atoms with Crippen molar-refractivity contribution in [2.24, 2.45) is 0 Å². The number of aromatic nitrogens is 2. The monoisotopic (exact) mass is 284 g/mol. The highest BCUT2D eigenvalue weighted by Crippen LogP contribution is 2.38. The maximum Gasteiger partial charge on any atom is 0.254 e. The van der Waals surface area contributed by atoms with E-state index in [2.05, 4.69) is 9.97 Å². The van der Waals surface area contributed by atoms with Gasteiger partial charge >= 0.3 is 0 Å². The first kappa shape index (κ1) is 12.3. The van der Waals surface area contributed by atoms with E-state index in [0.717, 1.165) is 12.8 Å². The van der Waals surface area contributed by atoms with E-state index in [-0.39, 0.29) is 11.1 Å². The van der Waals surface area contributed by atoms with Crippen LogP contribution in [0.25, 0.3) is 22.4 Å². The second-order valence-corrected chi connectivity index (χ2v) is 5.47. The van der Waals surface area contributed by atoms with Crippen LogP contribution in [0.4, 0.5) is 4.39 Å². The molecule has 0 radical (unpaired) electrons. The van der Waals surface area contributed by atoms with Gasteiger partial charge in [0.2, 0.25) is 0 Å². The molecule has 0 unspecified atom stereocenters. The smallest absolute Gasteiger partial charge is 0.254 e. The predicted molar refractivity (Wildman–Crippen MR) is 76.7 cm³/mol. The van der Waals surface area contributed by atoms with Crippen molar-refractivity contribution in [2.75, 3.05) is 0 Å². The van der Waals surface area contributed by atoms with E-state index < -0.39 is 5.82 Å². The maximum atomic E-state index is 13.7. The quantitative estimate of drug-likeness (QED) is 0.783. The first-order valence-electron chi connectivity index (χ1n) is 6.93. The van der Waals surface area contributed by atoms with Crippen LogP contribution in [-0.4, -0.2) is 9.97 Å². The number of benzene rings is 1. The zero-order valence-electron chi connectivity index (χ0n) is 11.4. The highest BCUT2D eigenvalue weighted by molar-refractivity contribution is 5.83. The van der Waals surface area contributed by atoms with Crippen LogP contribution in [0.1, 0.15) is 30.1 Å². The molecule has 4 nitrogen and oxygen atoms in total. The van der Waals surface area contributed by atoms with Gasteiger partial charge in [0, 0.05) is 16.9 Å². The zero-order valence-corrected chi connectivity index (χ0v) is 11.4. The summed E-state index contributed by atoms with van der Waals surface area (Å²) in [6.45, 7) is 1.70. The zero-order chi connectivity index (χ0) is 14.6. The number of fused-ring (bicyclic) bond motifs is 1. The lowest BCUT2D eigenvalue weighted by Gasteiger charge is -2.04. The highest BCUT2D eigenvalue weighted by atomic mass is 19.1. The van der Waals surface area contributed by atoms with Gasteiger partial charge in [0.25, 0.3) is 5.56 Å². The molecule has 1 aliphatic rings. The fourth-order valence-corrected chi connectivity index (χ4v) is 2.48. The number of furan rings is 1. The van der Waals surface area contributed by atoms with Crippen molar-refractivity contribution in [1.82, 2.24) is 9.97 Å². The third-order valence-corrected chi connectivity index (χ3v) is 3.86. The minimum atomic E-state index is -0.413. The van der Waals surface area contributed by atoms with Gasteiger partial charge in [0.1, 0.15) is 11.5 Å². The van der Waals surface area contributed by atoms with Crippen LogP contribution >= 0.6 is 0 Å². The second-order valence-electron chi connectivity index (χ2n) is 5.47. The number of rotatable bonds is 2. The SMILES string of the molecule is Cc1c(-c2cc3cccc(F)c3o2)nc(C2CC2)[nH]c1=O. The lowest BCUT2D eigenvalue weighted by Crippen LogP contribution is -2.15. The van der Waals surface area contributed by atoms with Gasteiger partial charge in [0.15, 0.2) is 17.2 Å².